The van der Waals surface area contributed by atoms with Crippen LogP contribution in [0.4, 0.5) is 10.5 Å². The van der Waals surface area contributed by atoms with Gasteiger partial charge in [0.05, 0.1) is 22.5 Å². The van der Waals surface area contributed by atoms with Crippen LogP contribution in [0.5, 0.6) is 0 Å². The molecular formula is C28H35N3O6S. The summed E-state index contributed by atoms with van der Waals surface area (Å²) in [5.41, 5.74) is 0.721. The molecule has 10 heteroatoms. The van der Waals surface area contributed by atoms with Crippen molar-refractivity contribution in [1.82, 2.24) is 9.80 Å². The molecule has 1 atom stereocenters. The molecule has 9 nitrogen and oxygen atoms in total. The molecule has 0 aliphatic carbocycles. The van der Waals surface area contributed by atoms with Crippen molar-refractivity contribution in [3.63, 3.8) is 0 Å². The van der Waals surface area contributed by atoms with E-state index in [1.165, 1.54) is 27.6 Å². The first kappa shape index (κ1) is 29.2. The van der Waals surface area contributed by atoms with Crippen molar-refractivity contribution in [1.29, 1.82) is 0 Å². The number of carbonyl (C=O) groups excluding carboxylic acids is 2. The molecular weight excluding hydrogens is 506 g/mol. The number of benzene rings is 2. The lowest BCUT2D eigenvalue weighted by Gasteiger charge is -2.41. The summed E-state index contributed by atoms with van der Waals surface area (Å²) in [6.45, 7) is 13.5. The highest BCUT2D eigenvalue weighted by Crippen LogP contribution is 2.39. The smallest absolute Gasteiger partial charge is 0.410 e. The van der Waals surface area contributed by atoms with E-state index in [-0.39, 0.29) is 43.4 Å². The maximum Gasteiger partial charge on any atom is 0.410 e. The van der Waals surface area contributed by atoms with Gasteiger partial charge in [0.2, 0.25) is 0 Å². The molecule has 1 saturated heterocycles. The predicted molar refractivity (Wildman–Crippen MR) is 147 cm³/mol. The molecule has 2 amide bonds. The Morgan fingerprint density at radius 3 is 2.47 bits per heavy atom. The van der Waals surface area contributed by atoms with Gasteiger partial charge in [0.15, 0.2) is 0 Å². The summed E-state index contributed by atoms with van der Waals surface area (Å²) in [6, 6.07) is 11.8. The second-order valence-electron chi connectivity index (χ2n) is 10.5. The first-order valence-corrected chi connectivity index (χ1v) is 13.3. The lowest BCUT2D eigenvalue weighted by Crippen LogP contribution is -2.58. The van der Waals surface area contributed by atoms with Gasteiger partial charge in [0.1, 0.15) is 5.60 Å². The maximum absolute atomic E-state index is 13.4. The molecule has 204 valence electrons. The van der Waals surface area contributed by atoms with Crippen molar-refractivity contribution in [3.8, 4) is 0 Å². The lowest BCUT2D eigenvalue weighted by molar-refractivity contribution is -0.387. The number of hydrogen-bond acceptors (Lipinski definition) is 7. The Morgan fingerprint density at radius 1 is 1.18 bits per heavy atom. The molecule has 1 N–H and O–H groups in total. The molecule has 0 bridgehead atoms. The van der Waals surface area contributed by atoms with Crippen LogP contribution in [0.15, 0.2) is 58.8 Å². The van der Waals surface area contributed by atoms with E-state index < -0.39 is 28.6 Å². The molecule has 0 spiro atoms. The van der Waals surface area contributed by atoms with Gasteiger partial charge in [-0.3, -0.25) is 14.9 Å². The van der Waals surface area contributed by atoms with E-state index >= 15 is 0 Å². The highest BCUT2D eigenvalue weighted by molar-refractivity contribution is 7.99. The van der Waals surface area contributed by atoms with Crippen molar-refractivity contribution in [3.05, 3.63) is 70.3 Å². The van der Waals surface area contributed by atoms with Crippen LogP contribution in [-0.4, -0.2) is 69.7 Å². The van der Waals surface area contributed by atoms with Crippen LogP contribution < -0.4 is 0 Å². The average molecular weight is 542 g/mol. The fourth-order valence-corrected chi connectivity index (χ4v) is 5.35. The summed E-state index contributed by atoms with van der Waals surface area (Å²) in [7, 11) is 0. The molecule has 1 aliphatic heterocycles. The van der Waals surface area contributed by atoms with Gasteiger partial charge < -0.3 is 19.6 Å². The molecule has 0 radical (unpaired) electrons. The second kappa shape index (κ2) is 12.0. The molecule has 0 aromatic heterocycles. The highest BCUT2D eigenvalue weighted by Gasteiger charge is 2.35. The molecule has 2 aromatic carbocycles. The van der Waals surface area contributed by atoms with Gasteiger partial charge in [0.25, 0.3) is 11.6 Å². The van der Waals surface area contributed by atoms with Gasteiger partial charge in [-0.25, -0.2) is 4.79 Å². The number of rotatable bonds is 7. The summed E-state index contributed by atoms with van der Waals surface area (Å²) in [4.78, 5) is 41.6. The Balaban J connectivity index is 1.80. The number of aliphatic hydroxyl groups is 1. The second-order valence-corrected chi connectivity index (χ2v) is 11.6. The Bertz CT molecular complexity index is 1220. The van der Waals surface area contributed by atoms with Gasteiger partial charge >= 0.3 is 6.09 Å². The molecule has 1 fully saturated rings. The third kappa shape index (κ3) is 6.93. The van der Waals surface area contributed by atoms with E-state index in [0.29, 0.717) is 10.5 Å². The predicted octanol–water partition coefficient (Wildman–Crippen LogP) is 5.32. The van der Waals surface area contributed by atoms with Crippen molar-refractivity contribution >= 4 is 35.0 Å². The van der Waals surface area contributed by atoms with Crippen molar-refractivity contribution < 1.29 is 24.4 Å². The van der Waals surface area contributed by atoms with E-state index in [1.807, 2.05) is 24.3 Å². The van der Waals surface area contributed by atoms with Crippen LogP contribution in [0.2, 0.25) is 0 Å². The summed E-state index contributed by atoms with van der Waals surface area (Å²) < 4.78 is 5.41. The number of hydrogen-bond donors (Lipinski definition) is 1. The van der Waals surface area contributed by atoms with Gasteiger partial charge in [-0.05, 0) is 49.9 Å². The normalized spacial score (nSPS) is 15.9. The third-order valence-electron chi connectivity index (χ3n) is 6.13. The fourth-order valence-electron chi connectivity index (χ4n) is 4.17. The van der Waals surface area contributed by atoms with E-state index in [9.17, 15) is 24.8 Å². The largest absolute Gasteiger partial charge is 0.444 e. The summed E-state index contributed by atoms with van der Waals surface area (Å²) in [5, 5.41) is 21.9. The molecule has 1 unspecified atom stereocenters. The average Bonchev–Trinajstić information content (AvgIpc) is 2.86. The van der Waals surface area contributed by atoms with E-state index in [2.05, 4.69) is 20.4 Å². The van der Waals surface area contributed by atoms with Crippen molar-refractivity contribution in [2.45, 2.75) is 62.0 Å². The van der Waals surface area contributed by atoms with Crippen LogP contribution >= 0.6 is 11.8 Å². The monoisotopic (exact) mass is 541 g/mol. The van der Waals surface area contributed by atoms with Crippen LogP contribution in [0.1, 0.15) is 51.7 Å². The van der Waals surface area contributed by atoms with Gasteiger partial charge in [-0.2, -0.15) is 0 Å². The topological polar surface area (TPSA) is 113 Å². The number of nitrogens with zero attached hydrogens (tertiary/aromatic N) is 3. The van der Waals surface area contributed by atoms with E-state index in [4.69, 9.17) is 4.74 Å². The standard InChI is InChI=1S/C28H35N3O6S/c1-18(2)22-9-7-8-10-24(22)38-25-12-11-20(15-23(25)31(35)36)19(3)26(33)30-14-13-29(16-21(30)17-32)27(34)37-28(4,5)6/h7-12,15,18,21,32H,3,13-14,16-17H2,1-2,4-6H3. The number of ether oxygens (including phenoxy) is 1. The Labute approximate surface area is 227 Å². The minimum absolute atomic E-state index is 0.0800. The zero-order valence-corrected chi connectivity index (χ0v) is 23.3. The number of carbonyl (C=O) groups is 2. The van der Waals surface area contributed by atoms with Crippen molar-refractivity contribution in [2.75, 3.05) is 26.2 Å². The quantitative estimate of drug-likeness (QED) is 0.287. The minimum Gasteiger partial charge on any atom is -0.444 e. The first-order valence-electron chi connectivity index (χ1n) is 12.5. The van der Waals surface area contributed by atoms with E-state index in [1.54, 1.807) is 32.9 Å². The van der Waals surface area contributed by atoms with Crippen LogP contribution in [0.3, 0.4) is 0 Å². The number of nitro groups is 1. The Morgan fingerprint density at radius 2 is 1.87 bits per heavy atom. The Kier molecular flexibility index (Phi) is 9.22. The summed E-state index contributed by atoms with van der Waals surface area (Å²) in [5.74, 6) is -0.197. The van der Waals surface area contributed by atoms with E-state index in [0.717, 1.165) is 10.5 Å². The van der Waals surface area contributed by atoms with Gasteiger partial charge in [0, 0.05) is 36.2 Å². The fraction of sp³-hybridized carbons (Fsp3) is 0.429. The van der Waals surface area contributed by atoms with Gasteiger partial charge in [-0.15, -0.1) is 0 Å². The maximum atomic E-state index is 13.4. The summed E-state index contributed by atoms with van der Waals surface area (Å²) >= 11 is 1.32. The molecule has 38 heavy (non-hydrogen) atoms. The van der Waals surface area contributed by atoms with Crippen molar-refractivity contribution in [2.24, 2.45) is 0 Å². The first-order chi connectivity index (χ1) is 17.8. The third-order valence-corrected chi connectivity index (χ3v) is 7.29. The van der Waals surface area contributed by atoms with Crippen LogP contribution in [-0.2, 0) is 9.53 Å². The minimum atomic E-state index is -0.664. The molecule has 1 heterocycles. The summed E-state index contributed by atoms with van der Waals surface area (Å²) in [6.07, 6.45) is -0.510. The molecule has 3 rings (SSSR count). The Hall–Kier alpha value is -3.37. The SMILES string of the molecule is C=C(C(=O)N1CCN(C(=O)OC(C)(C)C)CC1CO)c1ccc(Sc2ccccc2C(C)C)c([N+](=O)[O-])c1. The zero-order chi connectivity index (χ0) is 28.2. The number of amides is 2. The molecule has 1 aliphatic rings. The van der Waals surface area contributed by atoms with Gasteiger partial charge in [-0.1, -0.05) is 56.5 Å². The van der Waals surface area contributed by atoms with Crippen LogP contribution in [0, 0.1) is 10.1 Å². The molecule has 2 aromatic rings. The van der Waals surface area contributed by atoms with Crippen LogP contribution in [0.25, 0.3) is 5.57 Å². The number of piperazine rings is 1. The molecule has 0 saturated carbocycles. The highest BCUT2D eigenvalue weighted by atomic mass is 32.2. The number of nitro benzene ring substituents is 1. The lowest BCUT2D eigenvalue weighted by atomic mass is 10.0. The number of aliphatic hydroxyl groups excluding tert-OH is 1. The zero-order valence-electron chi connectivity index (χ0n) is 22.5.